The summed E-state index contributed by atoms with van der Waals surface area (Å²) in [7, 11) is 0. The normalized spacial score (nSPS) is 24.4. The van der Waals surface area contributed by atoms with Crippen LogP contribution >= 0.6 is 12.4 Å². The van der Waals surface area contributed by atoms with E-state index in [-0.39, 0.29) is 12.4 Å². The molecule has 2 unspecified atom stereocenters. The van der Waals surface area contributed by atoms with Crippen LogP contribution in [0.15, 0.2) is 30.3 Å². The van der Waals surface area contributed by atoms with Gasteiger partial charge in [-0.2, -0.15) is 0 Å². The van der Waals surface area contributed by atoms with Crippen molar-refractivity contribution in [1.29, 1.82) is 0 Å². The maximum atomic E-state index is 11.9. The fourth-order valence-corrected chi connectivity index (χ4v) is 4.61. The first-order chi connectivity index (χ1) is 10.7. The van der Waals surface area contributed by atoms with Crippen LogP contribution in [0.25, 0.3) is 0 Å². The van der Waals surface area contributed by atoms with Crippen molar-refractivity contribution in [2.45, 2.75) is 64.0 Å². The lowest BCUT2D eigenvalue weighted by molar-refractivity contribution is -0.176. The van der Waals surface area contributed by atoms with Crippen molar-refractivity contribution in [2.24, 2.45) is 11.8 Å². The molecule has 1 N–H and O–H groups in total. The van der Waals surface area contributed by atoms with Crippen LogP contribution in [-0.4, -0.2) is 23.1 Å². The van der Waals surface area contributed by atoms with E-state index < -0.39 is 5.72 Å². The Morgan fingerprint density at radius 1 is 0.957 bits per heavy atom. The third-order valence-electron chi connectivity index (χ3n) is 6.03. The molecule has 0 aromatic heterocycles. The maximum Gasteiger partial charge on any atom is 0.147 e. The van der Waals surface area contributed by atoms with Gasteiger partial charge in [-0.1, -0.05) is 75.8 Å². The van der Waals surface area contributed by atoms with Gasteiger partial charge in [0.25, 0.3) is 0 Å². The minimum absolute atomic E-state index is 0. The van der Waals surface area contributed by atoms with Crippen LogP contribution < -0.4 is 0 Å². The van der Waals surface area contributed by atoms with E-state index >= 15 is 0 Å². The maximum absolute atomic E-state index is 11.9. The Bertz CT molecular complexity index is 454. The summed E-state index contributed by atoms with van der Waals surface area (Å²) in [6.07, 6.45) is 10.3. The van der Waals surface area contributed by atoms with Crippen molar-refractivity contribution >= 4 is 12.4 Å². The molecule has 1 aliphatic carbocycles. The smallest absolute Gasteiger partial charge is 0.147 e. The molecule has 2 atom stereocenters. The molecule has 1 aliphatic heterocycles. The molecule has 0 radical (unpaired) electrons. The largest absolute Gasteiger partial charge is 0.371 e. The van der Waals surface area contributed by atoms with Crippen LogP contribution in [0, 0.1) is 11.8 Å². The summed E-state index contributed by atoms with van der Waals surface area (Å²) in [5, 5.41) is 11.9. The van der Waals surface area contributed by atoms with Gasteiger partial charge < -0.3 is 5.11 Å². The number of halogens is 1. The fraction of sp³-hybridized carbons (Fsp3) is 0.700. The van der Waals surface area contributed by atoms with E-state index in [2.05, 4.69) is 36.1 Å². The summed E-state index contributed by atoms with van der Waals surface area (Å²) in [5.41, 5.74) is 0.305. The molecule has 1 heterocycles. The van der Waals surface area contributed by atoms with Crippen LogP contribution in [-0.2, 0) is 5.72 Å². The van der Waals surface area contributed by atoms with Crippen molar-refractivity contribution in [3.63, 3.8) is 0 Å². The Hall–Kier alpha value is -0.570. The molecular weight excluding hydrogens is 306 g/mol. The van der Waals surface area contributed by atoms with Gasteiger partial charge in [-0.3, -0.25) is 4.90 Å². The molecule has 0 bridgehead atoms. The Morgan fingerprint density at radius 3 is 2.13 bits per heavy atom. The molecule has 1 saturated heterocycles. The van der Waals surface area contributed by atoms with Crippen molar-refractivity contribution in [2.75, 3.05) is 13.1 Å². The summed E-state index contributed by atoms with van der Waals surface area (Å²) < 4.78 is 0. The second-order valence-corrected chi connectivity index (χ2v) is 7.33. The van der Waals surface area contributed by atoms with Crippen molar-refractivity contribution < 1.29 is 5.11 Å². The molecule has 1 aromatic carbocycles. The molecule has 0 amide bonds. The first kappa shape index (κ1) is 18.8. The highest BCUT2D eigenvalue weighted by Gasteiger charge is 2.44. The number of hydrogen-bond donors (Lipinski definition) is 1. The standard InChI is InChI=1S/C20H31NO.ClH/c1-17(18-11-5-2-6-12-18)20(22,19-13-7-3-8-14-19)21-15-9-4-10-16-21;/h3,7-8,13-14,17-18,22H,2,4-6,9-12,15-16H2,1H3;1H. The van der Waals surface area contributed by atoms with Gasteiger partial charge >= 0.3 is 0 Å². The zero-order valence-electron chi connectivity index (χ0n) is 14.4. The minimum atomic E-state index is -0.788. The predicted molar refractivity (Wildman–Crippen MR) is 98.7 cm³/mol. The van der Waals surface area contributed by atoms with Crippen molar-refractivity contribution in [3.05, 3.63) is 35.9 Å². The van der Waals surface area contributed by atoms with Gasteiger partial charge in [-0.25, -0.2) is 0 Å². The lowest BCUT2D eigenvalue weighted by Gasteiger charge is -2.49. The van der Waals surface area contributed by atoms with Gasteiger partial charge in [0.1, 0.15) is 5.72 Å². The highest BCUT2D eigenvalue weighted by molar-refractivity contribution is 5.85. The van der Waals surface area contributed by atoms with Gasteiger partial charge in [0.05, 0.1) is 0 Å². The molecule has 1 aromatic rings. The summed E-state index contributed by atoms with van der Waals surface area (Å²) in [6, 6.07) is 10.4. The Balaban J connectivity index is 0.00000192. The first-order valence-electron chi connectivity index (χ1n) is 9.26. The highest BCUT2D eigenvalue weighted by atomic mass is 35.5. The van der Waals surface area contributed by atoms with Crippen LogP contribution in [0.2, 0.25) is 0 Å². The lowest BCUT2D eigenvalue weighted by Crippen LogP contribution is -2.54. The second-order valence-electron chi connectivity index (χ2n) is 7.33. The fourth-order valence-electron chi connectivity index (χ4n) is 4.61. The van der Waals surface area contributed by atoms with E-state index in [0.717, 1.165) is 18.7 Å². The molecule has 3 heteroatoms. The van der Waals surface area contributed by atoms with E-state index in [1.54, 1.807) is 0 Å². The summed E-state index contributed by atoms with van der Waals surface area (Å²) in [5.74, 6) is 0.953. The molecule has 2 aliphatic rings. The van der Waals surface area contributed by atoms with E-state index in [9.17, 15) is 5.11 Å². The number of benzene rings is 1. The average Bonchev–Trinajstić information content (AvgIpc) is 2.62. The topological polar surface area (TPSA) is 23.5 Å². The first-order valence-corrected chi connectivity index (χ1v) is 9.26. The van der Waals surface area contributed by atoms with Crippen LogP contribution in [0.4, 0.5) is 0 Å². The van der Waals surface area contributed by atoms with Gasteiger partial charge in [0.2, 0.25) is 0 Å². The van der Waals surface area contributed by atoms with Crippen LogP contribution in [0.1, 0.15) is 63.9 Å². The van der Waals surface area contributed by atoms with Gasteiger partial charge in [-0.15, -0.1) is 12.4 Å². The molecule has 23 heavy (non-hydrogen) atoms. The molecule has 3 rings (SSSR count). The highest BCUT2D eigenvalue weighted by Crippen LogP contribution is 2.43. The van der Waals surface area contributed by atoms with Crippen molar-refractivity contribution in [3.8, 4) is 0 Å². The molecule has 2 nitrogen and oxygen atoms in total. The number of hydrogen-bond acceptors (Lipinski definition) is 2. The number of nitrogens with zero attached hydrogens (tertiary/aromatic N) is 1. The van der Waals surface area contributed by atoms with Gasteiger partial charge in [-0.05, 0) is 24.3 Å². The van der Waals surface area contributed by atoms with Gasteiger partial charge in [0, 0.05) is 19.0 Å². The van der Waals surface area contributed by atoms with E-state index in [1.807, 2.05) is 6.07 Å². The zero-order chi connectivity index (χ0) is 15.4. The van der Waals surface area contributed by atoms with Gasteiger partial charge in [0.15, 0.2) is 0 Å². The zero-order valence-corrected chi connectivity index (χ0v) is 15.2. The van der Waals surface area contributed by atoms with Crippen molar-refractivity contribution in [1.82, 2.24) is 4.90 Å². The minimum Gasteiger partial charge on any atom is -0.371 e. The Labute approximate surface area is 147 Å². The molecule has 0 spiro atoms. The monoisotopic (exact) mass is 337 g/mol. The SMILES string of the molecule is CC(C1CCCCC1)C(O)(c1ccccc1)N1CCCCC1.Cl. The number of likely N-dealkylation sites (tertiary alicyclic amines) is 1. The van der Waals surface area contributed by atoms with E-state index in [1.165, 1.54) is 51.4 Å². The Kier molecular flexibility index (Phi) is 6.94. The quantitative estimate of drug-likeness (QED) is 0.839. The lowest BCUT2D eigenvalue weighted by atomic mass is 9.73. The summed E-state index contributed by atoms with van der Waals surface area (Å²) in [6.45, 7) is 4.35. The number of rotatable bonds is 4. The van der Waals surface area contributed by atoms with E-state index in [0.29, 0.717) is 11.8 Å². The molecule has 2 fully saturated rings. The summed E-state index contributed by atoms with van der Waals surface area (Å²) >= 11 is 0. The number of aliphatic hydroxyl groups is 1. The predicted octanol–water partition coefficient (Wildman–Crippen LogP) is 4.96. The number of piperidine rings is 1. The summed E-state index contributed by atoms with van der Waals surface area (Å²) in [4.78, 5) is 2.37. The third kappa shape index (κ3) is 3.92. The molecule has 1 saturated carbocycles. The van der Waals surface area contributed by atoms with Crippen LogP contribution in [0.5, 0.6) is 0 Å². The Morgan fingerprint density at radius 2 is 1.52 bits per heavy atom. The second kappa shape index (κ2) is 8.50. The average molecular weight is 338 g/mol. The third-order valence-corrected chi connectivity index (χ3v) is 6.03. The van der Waals surface area contributed by atoms with Crippen LogP contribution in [0.3, 0.4) is 0 Å². The van der Waals surface area contributed by atoms with E-state index in [4.69, 9.17) is 0 Å². The molecular formula is C20H32ClNO. The molecule has 130 valence electrons.